The zero-order valence-corrected chi connectivity index (χ0v) is 14.9. The minimum atomic E-state index is -3.65. The quantitative estimate of drug-likeness (QED) is 0.819. The largest absolute Gasteiger partial charge is 0.492 e. The Morgan fingerprint density at radius 1 is 1.13 bits per heavy atom. The van der Waals surface area contributed by atoms with Crippen molar-refractivity contribution in [2.24, 2.45) is 0 Å². The van der Waals surface area contributed by atoms with Crippen LogP contribution in [-0.4, -0.2) is 26.7 Å². The fourth-order valence-corrected chi connectivity index (χ4v) is 3.75. The summed E-state index contributed by atoms with van der Waals surface area (Å²) in [5, 5.41) is 3.67. The van der Waals surface area contributed by atoms with E-state index in [1.165, 1.54) is 0 Å². The van der Waals surface area contributed by atoms with Gasteiger partial charge in [0.05, 0.1) is 0 Å². The number of nitrogens with one attached hydrogen (secondary N) is 1. The Balaban J connectivity index is 2.00. The molecule has 6 nitrogen and oxygen atoms in total. The van der Waals surface area contributed by atoms with Crippen molar-refractivity contribution in [1.29, 1.82) is 0 Å². The second-order valence-corrected chi connectivity index (χ2v) is 7.26. The predicted octanol–water partition coefficient (Wildman–Crippen LogP) is 2.57. The molecular formula is C16H22N2O4S. The van der Waals surface area contributed by atoms with Crippen molar-refractivity contribution in [2.75, 3.05) is 13.2 Å². The van der Waals surface area contributed by atoms with Crippen molar-refractivity contribution in [3.63, 3.8) is 0 Å². The molecule has 7 heteroatoms. The first-order chi connectivity index (χ1) is 10.7. The smallest absolute Gasteiger partial charge is 0.246 e. The number of sulfonamides is 1. The van der Waals surface area contributed by atoms with Gasteiger partial charge in [-0.1, -0.05) is 17.3 Å². The molecule has 0 fully saturated rings. The average molecular weight is 338 g/mol. The summed E-state index contributed by atoms with van der Waals surface area (Å²) < 4.78 is 37.7. The molecule has 0 aliphatic heterocycles. The third-order valence-electron chi connectivity index (χ3n) is 3.75. The van der Waals surface area contributed by atoms with Gasteiger partial charge in [0.15, 0.2) is 5.76 Å². The summed E-state index contributed by atoms with van der Waals surface area (Å²) in [6.45, 7) is 9.56. The Bertz CT molecular complexity index is 790. The van der Waals surface area contributed by atoms with Gasteiger partial charge in [-0.3, -0.25) is 0 Å². The zero-order valence-electron chi connectivity index (χ0n) is 14.1. The topological polar surface area (TPSA) is 81.4 Å². The Morgan fingerprint density at radius 2 is 1.78 bits per heavy atom. The van der Waals surface area contributed by atoms with Gasteiger partial charge >= 0.3 is 0 Å². The van der Waals surface area contributed by atoms with Gasteiger partial charge in [-0.25, -0.2) is 13.1 Å². The summed E-state index contributed by atoms with van der Waals surface area (Å²) in [5.74, 6) is 1.09. The lowest BCUT2D eigenvalue weighted by Gasteiger charge is -2.14. The van der Waals surface area contributed by atoms with Crippen LogP contribution in [0.25, 0.3) is 0 Å². The van der Waals surface area contributed by atoms with E-state index >= 15 is 0 Å². The number of rotatable bonds is 6. The van der Waals surface area contributed by atoms with Crippen LogP contribution in [0.2, 0.25) is 0 Å². The predicted molar refractivity (Wildman–Crippen MR) is 87.3 cm³/mol. The minimum Gasteiger partial charge on any atom is -0.492 e. The lowest BCUT2D eigenvalue weighted by atomic mass is 10.1. The van der Waals surface area contributed by atoms with E-state index in [9.17, 15) is 8.42 Å². The zero-order chi connectivity index (χ0) is 17.2. The fourth-order valence-electron chi connectivity index (χ4n) is 2.41. The van der Waals surface area contributed by atoms with Crippen LogP contribution in [0.15, 0.2) is 21.6 Å². The lowest BCUT2D eigenvalue weighted by molar-refractivity contribution is 0.318. The van der Waals surface area contributed by atoms with Crippen LogP contribution in [0.1, 0.15) is 28.1 Å². The van der Waals surface area contributed by atoms with E-state index in [0.717, 1.165) is 22.4 Å². The van der Waals surface area contributed by atoms with Gasteiger partial charge in [-0.2, -0.15) is 0 Å². The molecule has 1 aromatic heterocycles. The second-order valence-electron chi connectivity index (χ2n) is 5.55. The number of aromatic nitrogens is 1. The molecule has 0 amide bonds. The molecule has 0 aliphatic rings. The van der Waals surface area contributed by atoms with Crippen molar-refractivity contribution in [3.8, 4) is 5.75 Å². The Hall–Kier alpha value is -1.86. The number of ether oxygens (including phenoxy) is 1. The van der Waals surface area contributed by atoms with E-state index in [0.29, 0.717) is 5.69 Å². The van der Waals surface area contributed by atoms with Crippen LogP contribution in [-0.2, 0) is 10.0 Å². The molecule has 1 aromatic carbocycles. The normalized spacial score (nSPS) is 11.7. The first-order valence-electron chi connectivity index (χ1n) is 7.36. The molecule has 2 aromatic rings. The second kappa shape index (κ2) is 6.72. The first-order valence-corrected chi connectivity index (χ1v) is 8.84. The summed E-state index contributed by atoms with van der Waals surface area (Å²) >= 11 is 0. The average Bonchev–Trinajstić information content (AvgIpc) is 2.82. The van der Waals surface area contributed by atoms with Crippen LogP contribution in [0.3, 0.4) is 0 Å². The summed E-state index contributed by atoms with van der Waals surface area (Å²) in [5.41, 5.74) is 3.59. The molecular weight excluding hydrogens is 316 g/mol. The molecule has 0 unspecified atom stereocenters. The Morgan fingerprint density at radius 3 is 2.39 bits per heavy atom. The van der Waals surface area contributed by atoms with Gasteiger partial charge in [-0.15, -0.1) is 0 Å². The van der Waals surface area contributed by atoms with Gasteiger partial charge < -0.3 is 9.26 Å². The maximum absolute atomic E-state index is 12.3. The SMILES string of the molecule is Cc1ccc(C)c(OCCNS(=O)(=O)c2c(C)noc2C)c1C. The van der Waals surface area contributed by atoms with Crippen molar-refractivity contribution >= 4 is 10.0 Å². The van der Waals surface area contributed by atoms with Crippen molar-refractivity contribution < 1.29 is 17.7 Å². The first kappa shape index (κ1) is 17.5. The van der Waals surface area contributed by atoms with Gasteiger partial charge in [-0.05, 0) is 51.3 Å². The molecule has 0 atom stereocenters. The van der Waals surface area contributed by atoms with E-state index < -0.39 is 10.0 Å². The van der Waals surface area contributed by atoms with Crippen LogP contribution in [0, 0.1) is 34.6 Å². The molecule has 126 valence electrons. The summed E-state index contributed by atoms with van der Waals surface area (Å²) in [6.07, 6.45) is 0. The van der Waals surface area contributed by atoms with Crippen LogP contribution in [0.5, 0.6) is 5.75 Å². The highest BCUT2D eigenvalue weighted by molar-refractivity contribution is 7.89. The standard InChI is InChI=1S/C16H22N2O4S/c1-10-6-7-11(2)15(12(10)3)21-9-8-17-23(19,20)16-13(4)18-22-14(16)5/h6-7,17H,8-9H2,1-5H3. The van der Waals surface area contributed by atoms with Crippen LogP contribution in [0.4, 0.5) is 0 Å². The number of hydrogen-bond donors (Lipinski definition) is 1. The molecule has 0 saturated heterocycles. The third-order valence-corrected chi connectivity index (χ3v) is 5.46. The van der Waals surface area contributed by atoms with Crippen LogP contribution >= 0.6 is 0 Å². The Labute approximate surface area is 136 Å². The monoisotopic (exact) mass is 338 g/mol. The molecule has 0 spiro atoms. The third kappa shape index (κ3) is 3.73. The fraction of sp³-hybridized carbons (Fsp3) is 0.438. The Kier molecular flexibility index (Phi) is 5.11. The molecule has 0 aliphatic carbocycles. The van der Waals surface area contributed by atoms with Crippen LogP contribution < -0.4 is 9.46 Å². The number of nitrogens with zero attached hydrogens (tertiary/aromatic N) is 1. The lowest BCUT2D eigenvalue weighted by Crippen LogP contribution is -2.29. The summed E-state index contributed by atoms with van der Waals surface area (Å²) in [6, 6.07) is 4.03. The van der Waals surface area contributed by atoms with Gasteiger partial charge in [0.1, 0.15) is 22.9 Å². The highest BCUT2D eigenvalue weighted by atomic mass is 32.2. The summed E-state index contributed by atoms with van der Waals surface area (Å²) in [4.78, 5) is 0.0976. The molecule has 0 saturated carbocycles. The highest BCUT2D eigenvalue weighted by Gasteiger charge is 2.23. The van der Waals surface area contributed by atoms with E-state index in [1.54, 1.807) is 13.8 Å². The molecule has 0 bridgehead atoms. The maximum Gasteiger partial charge on any atom is 0.246 e. The molecule has 1 N–H and O–H groups in total. The minimum absolute atomic E-state index is 0.0976. The van der Waals surface area contributed by atoms with Crippen molar-refractivity contribution in [2.45, 2.75) is 39.5 Å². The van der Waals surface area contributed by atoms with E-state index in [-0.39, 0.29) is 23.8 Å². The summed E-state index contributed by atoms with van der Waals surface area (Å²) in [7, 11) is -3.65. The van der Waals surface area contributed by atoms with E-state index in [1.807, 2.05) is 32.9 Å². The highest BCUT2D eigenvalue weighted by Crippen LogP contribution is 2.25. The van der Waals surface area contributed by atoms with E-state index in [4.69, 9.17) is 9.26 Å². The van der Waals surface area contributed by atoms with E-state index in [2.05, 4.69) is 9.88 Å². The van der Waals surface area contributed by atoms with Gasteiger partial charge in [0.25, 0.3) is 0 Å². The van der Waals surface area contributed by atoms with Gasteiger partial charge in [0, 0.05) is 6.54 Å². The number of benzene rings is 1. The number of aryl methyl sites for hydroxylation is 4. The number of hydrogen-bond acceptors (Lipinski definition) is 5. The molecule has 2 rings (SSSR count). The van der Waals surface area contributed by atoms with Crippen molar-refractivity contribution in [1.82, 2.24) is 9.88 Å². The molecule has 1 heterocycles. The molecule has 23 heavy (non-hydrogen) atoms. The van der Waals surface area contributed by atoms with Crippen molar-refractivity contribution in [3.05, 3.63) is 40.3 Å². The molecule has 0 radical (unpaired) electrons. The maximum atomic E-state index is 12.3. The van der Waals surface area contributed by atoms with Gasteiger partial charge in [0.2, 0.25) is 10.0 Å².